The Morgan fingerprint density at radius 1 is 1.00 bits per heavy atom. The van der Waals surface area contributed by atoms with E-state index >= 15 is 0 Å². The number of non-ortho nitro benzene ring substituents is 1. The fourth-order valence-electron chi connectivity index (χ4n) is 3.45. The summed E-state index contributed by atoms with van der Waals surface area (Å²) in [4.78, 5) is 12.4. The Morgan fingerprint density at radius 2 is 1.72 bits per heavy atom. The molecular weight excluding hydrogens is 441 g/mol. The minimum atomic E-state index is -3.70. The highest BCUT2D eigenvalue weighted by atomic mass is 32.2. The van der Waals surface area contributed by atoms with Gasteiger partial charge in [-0.15, -0.1) is 10.2 Å². The number of halogens is 1. The van der Waals surface area contributed by atoms with Gasteiger partial charge in [0.05, 0.1) is 16.4 Å². The molecule has 0 bridgehead atoms. The third-order valence-electron chi connectivity index (χ3n) is 5.15. The van der Waals surface area contributed by atoms with Gasteiger partial charge in [-0.3, -0.25) is 15.0 Å². The minimum absolute atomic E-state index is 0.0294. The van der Waals surface area contributed by atoms with E-state index in [0.29, 0.717) is 44.1 Å². The van der Waals surface area contributed by atoms with Crippen LogP contribution in [0.3, 0.4) is 0 Å². The summed E-state index contributed by atoms with van der Waals surface area (Å²) in [6.45, 7) is 2.10. The van der Waals surface area contributed by atoms with Gasteiger partial charge in [0.15, 0.2) is 0 Å². The Bertz CT molecular complexity index is 1200. The van der Waals surface area contributed by atoms with Crippen molar-refractivity contribution in [2.75, 3.05) is 26.2 Å². The molecule has 32 heavy (non-hydrogen) atoms. The highest BCUT2D eigenvalue weighted by Gasteiger charge is 2.27. The summed E-state index contributed by atoms with van der Waals surface area (Å²) >= 11 is 0. The number of nitro groups is 1. The molecule has 10 nitrogen and oxygen atoms in total. The van der Waals surface area contributed by atoms with Gasteiger partial charge in [-0.05, 0) is 49.4 Å². The van der Waals surface area contributed by atoms with Crippen molar-refractivity contribution in [3.8, 4) is 11.5 Å². The maximum atomic E-state index is 13.1. The highest BCUT2D eigenvalue weighted by Crippen LogP contribution is 2.22. The first kappa shape index (κ1) is 22.0. The zero-order valence-corrected chi connectivity index (χ0v) is 17.7. The molecule has 0 atom stereocenters. The zero-order chi connectivity index (χ0) is 22.7. The number of sulfonamides is 1. The average molecular weight is 461 g/mol. The monoisotopic (exact) mass is 461 g/mol. The van der Waals surface area contributed by atoms with Gasteiger partial charge in [0.2, 0.25) is 21.8 Å². The number of nitrogens with zero attached hydrogens (tertiary/aromatic N) is 5. The van der Waals surface area contributed by atoms with Gasteiger partial charge in [-0.2, -0.15) is 4.31 Å². The van der Waals surface area contributed by atoms with Crippen LogP contribution in [-0.4, -0.2) is 58.9 Å². The smallest absolute Gasteiger partial charge is 0.269 e. The SMILES string of the molecule is O=[N+]([O-])c1ccc(-c2nnc(CN3CCCN(S(=O)(=O)c4ccc(F)cc4)CC3)o2)cc1. The Hall–Kier alpha value is -3.22. The van der Waals surface area contributed by atoms with E-state index in [1.165, 1.54) is 28.6 Å². The van der Waals surface area contributed by atoms with Gasteiger partial charge in [0.1, 0.15) is 5.82 Å². The lowest BCUT2D eigenvalue weighted by Crippen LogP contribution is -2.35. The quantitative estimate of drug-likeness (QED) is 0.406. The maximum absolute atomic E-state index is 13.1. The number of rotatable bonds is 6. The van der Waals surface area contributed by atoms with Crippen molar-refractivity contribution in [2.24, 2.45) is 0 Å². The fraction of sp³-hybridized carbons (Fsp3) is 0.300. The van der Waals surface area contributed by atoms with E-state index < -0.39 is 20.8 Å². The van der Waals surface area contributed by atoms with Crippen molar-refractivity contribution in [3.05, 3.63) is 70.4 Å². The van der Waals surface area contributed by atoms with E-state index in [4.69, 9.17) is 4.42 Å². The third kappa shape index (κ3) is 4.82. The van der Waals surface area contributed by atoms with Gasteiger partial charge in [0, 0.05) is 37.3 Å². The Labute approximate surface area is 183 Å². The first-order chi connectivity index (χ1) is 15.3. The van der Waals surface area contributed by atoms with Crippen LogP contribution in [0.2, 0.25) is 0 Å². The first-order valence-electron chi connectivity index (χ1n) is 9.88. The van der Waals surface area contributed by atoms with E-state index in [2.05, 4.69) is 10.2 Å². The molecule has 168 valence electrons. The molecule has 2 heterocycles. The summed E-state index contributed by atoms with van der Waals surface area (Å²) in [5.74, 6) is 0.136. The molecule has 0 spiro atoms. The van der Waals surface area contributed by atoms with Crippen LogP contribution in [0.1, 0.15) is 12.3 Å². The van der Waals surface area contributed by atoms with Crippen LogP contribution < -0.4 is 0 Å². The standard InChI is InChI=1S/C20H20FN5O5S/c21-16-4-8-18(9-5-16)32(29,30)25-11-1-10-24(12-13-25)14-19-22-23-20(31-19)15-2-6-17(7-3-15)26(27)28/h2-9H,1,10-14H2. The molecule has 0 amide bonds. The third-order valence-corrected chi connectivity index (χ3v) is 7.06. The highest BCUT2D eigenvalue weighted by molar-refractivity contribution is 7.89. The number of benzene rings is 2. The summed E-state index contributed by atoms with van der Waals surface area (Å²) in [5, 5.41) is 18.8. The summed E-state index contributed by atoms with van der Waals surface area (Å²) in [7, 11) is -3.70. The Kier molecular flexibility index (Phi) is 6.26. The van der Waals surface area contributed by atoms with Gasteiger partial charge < -0.3 is 4.42 Å². The molecule has 12 heteroatoms. The summed E-state index contributed by atoms with van der Waals surface area (Å²) in [5.41, 5.74) is 0.542. The molecular formula is C20H20FN5O5S. The first-order valence-corrected chi connectivity index (χ1v) is 11.3. The van der Waals surface area contributed by atoms with Crippen molar-refractivity contribution in [2.45, 2.75) is 17.9 Å². The lowest BCUT2D eigenvalue weighted by atomic mass is 10.2. The molecule has 0 saturated carbocycles. The molecule has 1 aliphatic heterocycles. The van der Waals surface area contributed by atoms with Crippen LogP contribution in [0.4, 0.5) is 10.1 Å². The molecule has 1 saturated heterocycles. The predicted molar refractivity (Wildman–Crippen MR) is 111 cm³/mol. The number of hydrogen-bond acceptors (Lipinski definition) is 8. The second kappa shape index (κ2) is 9.10. The zero-order valence-electron chi connectivity index (χ0n) is 16.9. The average Bonchev–Trinajstić information content (AvgIpc) is 3.11. The van der Waals surface area contributed by atoms with E-state index in [1.807, 2.05) is 4.90 Å². The molecule has 3 aromatic rings. The summed E-state index contributed by atoms with van der Waals surface area (Å²) in [6.07, 6.45) is 0.615. The van der Waals surface area contributed by atoms with Crippen molar-refractivity contribution < 1.29 is 22.1 Å². The number of nitro benzene ring substituents is 1. The van der Waals surface area contributed by atoms with Gasteiger partial charge in [-0.25, -0.2) is 12.8 Å². The minimum Gasteiger partial charge on any atom is -0.419 e. The fourth-order valence-corrected chi connectivity index (χ4v) is 4.92. The molecule has 0 unspecified atom stereocenters. The summed E-state index contributed by atoms with van der Waals surface area (Å²) < 4.78 is 45.9. The van der Waals surface area contributed by atoms with Gasteiger partial charge >= 0.3 is 0 Å². The molecule has 2 aromatic carbocycles. The van der Waals surface area contributed by atoms with Crippen LogP contribution in [0.25, 0.3) is 11.5 Å². The molecule has 1 aliphatic rings. The van der Waals surface area contributed by atoms with Crippen LogP contribution in [0.15, 0.2) is 57.8 Å². The Balaban J connectivity index is 1.39. The van der Waals surface area contributed by atoms with Crippen molar-refractivity contribution >= 4 is 15.7 Å². The molecule has 1 fully saturated rings. The van der Waals surface area contributed by atoms with Crippen LogP contribution in [0, 0.1) is 15.9 Å². The maximum Gasteiger partial charge on any atom is 0.269 e. The molecule has 1 aromatic heterocycles. The van der Waals surface area contributed by atoms with Gasteiger partial charge in [0.25, 0.3) is 5.69 Å². The molecule has 0 aliphatic carbocycles. The van der Waals surface area contributed by atoms with Crippen molar-refractivity contribution in [1.82, 2.24) is 19.4 Å². The topological polar surface area (TPSA) is 123 Å². The molecule has 0 N–H and O–H groups in total. The predicted octanol–water partition coefficient (Wildman–Crippen LogP) is 2.68. The molecule has 0 radical (unpaired) electrons. The van der Waals surface area contributed by atoms with Crippen LogP contribution in [-0.2, 0) is 16.6 Å². The van der Waals surface area contributed by atoms with Crippen molar-refractivity contribution in [1.29, 1.82) is 0 Å². The summed E-state index contributed by atoms with van der Waals surface area (Å²) in [6, 6.07) is 10.6. The number of aromatic nitrogens is 2. The van der Waals surface area contributed by atoms with E-state index in [-0.39, 0.29) is 23.0 Å². The second-order valence-corrected chi connectivity index (χ2v) is 9.23. The number of hydrogen-bond donors (Lipinski definition) is 0. The lowest BCUT2D eigenvalue weighted by Gasteiger charge is -2.21. The normalized spacial score (nSPS) is 16.0. The molecule has 4 rings (SSSR count). The van der Waals surface area contributed by atoms with Gasteiger partial charge in [-0.1, -0.05) is 0 Å². The lowest BCUT2D eigenvalue weighted by molar-refractivity contribution is -0.384. The van der Waals surface area contributed by atoms with Crippen LogP contribution >= 0.6 is 0 Å². The van der Waals surface area contributed by atoms with Crippen molar-refractivity contribution in [3.63, 3.8) is 0 Å². The van der Waals surface area contributed by atoms with E-state index in [9.17, 15) is 22.9 Å². The largest absolute Gasteiger partial charge is 0.419 e. The second-order valence-electron chi connectivity index (χ2n) is 7.29. The van der Waals surface area contributed by atoms with Crippen LogP contribution in [0.5, 0.6) is 0 Å². The Morgan fingerprint density at radius 3 is 2.41 bits per heavy atom. The van der Waals surface area contributed by atoms with E-state index in [1.54, 1.807) is 12.1 Å². The van der Waals surface area contributed by atoms with E-state index in [0.717, 1.165) is 12.1 Å².